The number of carbonyl (C=O) groups excluding carboxylic acids is 3. The second-order valence-electron chi connectivity index (χ2n) is 6.66. The number of carbonyl (C=O) groups is 3. The first kappa shape index (κ1) is 20.4. The molecule has 0 radical (unpaired) electrons. The molecule has 1 aromatic heterocycles. The van der Waals surface area contributed by atoms with Gasteiger partial charge in [-0.15, -0.1) is 0 Å². The number of fused-ring (bicyclic) bond motifs is 1. The molecule has 1 aromatic carbocycles. The first-order chi connectivity index (χ1) is 12.8. The number of urea groups is 1. The summed E-state index contributed by atoms with van der Waals surface area (Å²) in [5, 5.41) is 5.37. The molecule has 7 nitrogen and oxygen atoms in total. The number of aromatic nitrogens is 1. The second kappa shape index (κ2) is 9.12. The molecule has 0 spiro atoms. The molecule has 1 heterocycles. The van der Waals surface area contributed by atoms with E-state index in [0.29, 0.717) is 29.4 Å². The first-order valence-corrected chi connectivity index (χ1v) is 8.96. The topological polar surface area (TPSA) is 97.4 Å². The third-order valence-corrected chi connectivity index (χ3v) is 4.03. The van der Waals surface area contributed by atoms with E-state index >= 15 is 0 Å². The SMILES string of the molecule is CCc1nc2ccccc2c(C(=O)OCC(=O)NC(=O)NCC(C)C)c1C. The van der Waals surface area contributed by atoms with E-state index in [1.807, 2.05) is 45.9 Å². The van der Waals surface area contributed by atoms with Crippen LogP contribution in [0.5, 0.6) is 0 Å². The molecule has 0 aliphatic rings. The number of imide groups is 1. The van der Waals surface area contributed by atoms with Gasteiger partial charge >= 0.3 is 12.0 Å². The molecule has 144 valence electrons. The Morgan fingerprint density at radius 1 is 1.19 bits per heavy atom. The highest BCUT2D eigenvalue weighted by Crippen LogP contribution is 2.24. The fraction of sp³-hybridized carbons (Fsp3) is 0.400. The van der Waals surface area contributed by atoms with Gasteiger partial charge in [-0.2, -0.15) is 0 Å². The Kier molecular flexibility index (Phi) is 6.87. The molecule has 0 bridgehead atoms. The lowest BCUT2D eigenvalue weighted by molar-refractivity contribution is -0.123. The van der Waals surface area contributed by atoms with E-state index in [4.69, 9.17) is 4.74 Å². The van der Waals surface area contributed by atoms with Crippen LogP contribution in [-0.4, -0.2) is 36.0 Å². The van der Waals surface area contributed by atoms with Gasteiger partial charge in [0.1, 0.15) is 0 Å². The van der Waals surface area contributed by atoms with Gasteiger partial charge < -0.3 is 10.1 Å². The van der Waals surface area contributed by atoms with E-state index in [9.17, 15) is 14.4 Å². The molecule has 2 rings (SSSR count). The Morgan fingerprint density at radius 3 is 2.56 bits per heavy atom. The lowest BCUT2D eigenvalue weighted by atomic mass is 10.0. The Labute approximate surface area is 158 Å². The number of ether oxygens (including phenoxy) is 1. The number of aryl methyl sites for hydroxylation is 1. The molecule has 0 fully saturated rings. The maximum atomic E-state index is 12.6. The smallest absolute Gasteiger partial charge is 0.339 e. The fourth-order valence-corrected chi connectivity index (χ4v) is 2.67. The normalized spacial score (nSPS) is 10.7. The average molecular weight is 371 g/mol. The third-order valence-electron chi connectivity index (χ3n) is 4.03. The number of rotatable bonds is 6. The van der Waals surface area contributed by atoms with E-state index in [2.05, 4.69) is 15.6 Å². The zero-order chi connectivity index (χ0) is 20.0. The van der Waals surface area contributed by atoms with Crippen LogP contribution in [0.25, 0.3) is 10.9 Å². The van der Waals surface area contributed by atoms with Crippen LogP contribution in [0, 0.1) is 12.8 Å². The molecule has 7 heteroatoms. The van der Waals surface area contributed by atoms with Gasteiger partial charge in [-0.1, -0.05) is 39.0 Å². The summed E-state index contributed by atoms with van der Waals surface area (Å²) < 4.78 is 5.15. The summed E-state index contributed by atoms with van der Waals surface area (Å²) in [6.07, 6.45) is 0.674. The summed E-state index contributed by atoms with van der Waals surface area (Å²) in [5.74, 6) is -1.03. The van der Waals surface area contributed by atoms with Gasteiger partial charge in [0.05, 0.1) is 11.1 Å². The Morgan fingerprint density at radius 2 is 1.89 bits per heavy atom. The van der Waals surface area contributed by atoms with E-state index < -0.39 is 24.5 Å². The summed E-state index contributed by atoms with van der Waals surface area (Å²) >= 11 is 0. The molecular formula is C20H25N3O4. The lowest BCUT2D eigenvalue weighted by Gasteiger charge is -2.13. The summed E-state index contributed by atoms with van der Waals surface area (Å²) in [6, 6.07) is 6.69. The zero-order valence-electron chi connectivity index (χ0n) is 16.1. The molecule has 2 aromatic rings. The van der Waals surface area contributed by atoms with Crippen LogP contribution in [0.15, 0.2) is 24.3 Å². The van der Waals surface area contributed by atoms with Crippen molar-refractivity contribution in [3.63, 3.8) is 0 Å². The van der Waals surface area contributed by atoms with Crippen molar-refractivity contribution in [3.8, 4) is 0 Å². The Bertz CT molecular complexity index is 862. The second-order valence-corrected chi connectivity index (χ2v) is 6.66. The van der Waals surface area contributed by atoms with E-state index in [0.717, 1.165) is 11.3 Å². The van der Waals surface area contributed by atoms with Crippen LogP contribution in [0.3, 0.4) is 0 Å². The maximum absolute atomic E-state index is 12.6. The number of pyridine rings is 1. The number of benzene rings is 1. The molecular weight excluding hydrogens is 346 g/mol. The van der Waals surface area contributed by atoms with Gasteiger partial charge in [-0.05, 0) is 30.9 Å². The van der Waals surface area contributed by atoms with Gasteiger partial charge in [-0.3, -0.25) is 15.1 Å². The minimum absolute atomic E-state index is 0.263. The van der Waals surface area contributed by atoms with E-state index in [-0.39, 0.29) is 5.92 Å². The van der Waals surface area contributed by atoms with Crippen molar-refractivity contribution in [3.05, 3.63) is 41.1 Å². The number of nitrogens with zero attached hydrogens (tertiary/aromatic N) is 1. The van der Waals surface area contributed by atoms with Crippen molar-refractivity contribution >= 4 is 28.8 Å². The summed E-state index contributed by atoms with van der Waals surface area (Å²) in [4.78, 5) is 40.6. The molecule has 2 N–H and O–H groups in total. The lowest BCUT2D eigenvalue weighted by Crippen LogP contribution is -2.42. The third kappa shape index (κ3) is 5.26. The summed E-state index contributed by atoms with van der Waals surface area (Å²) in [6.45, 7) is 7.56. The number of amides is 3. The minimum Gasteiger partial charge on any atom is -0.452 e. The zero-order valence-corrected chi connectivity index (χ0v) is 16.1. The highest BCUT2D eigenvalue weighted by Gasteiger charge is 2.20. The van der Waals surface area contributed by atoms with Crippen LogP contribution in [-0.2, 0) is 16.0 Å². The summed E-state index contributed by atoms with van der Waals surface area (Å²) in [7, 11) is 0. The van der Waals surface area contributed by atoms with Gasteiger partial charge in [0, 0.05) is 17.6 Å². The standard InChI is InChI=1S/C20H25N3O4/c1-5-15-13(4)18(14-8-6-7-9-16(14)22-15)19(25)27-11-17(24)23-20(26)21-10-12(2)3/h6-9,12H,5,10-11H2,1-4H3,(H2,21,23,24,26). The number of para-hydroxylation sites is 1. The van der Waals surface area contributed by atoms with Crippen LogP contribution < -0.4 is 10.6 Å². The van der Waals surface area contributed by atoms with Crippen LogP contribution >= 0.6 is 0 Å². The molecule has 0 saturated carbocycles. The largest absolute Gasteiger partial charge is 0.452 e. The van der Waals surface area contributed by atoms with Crippen molar-refractivity contribution in [2.45, 2.75) is 34.1 Å². The number of esters is 1. The van der Waals surface area contributed by atoms with Gasteiger partial charge in [0.25, 0.3) is 5.91 Å². The number of nitrogens with one attached hydrogen (secondary N) is 2. The molecule has 0 saturated heterocycles. The molecule has 0 aliphatic heterocycles. The van der Waals surface area contributed by atoms with Gasteiger partial charge in [0.15, 0.2) is 6.61 Å². The van der Waals surface area contributed by atoms with Gasteiger partial charge in [-0.25, -0.2) is 9.59 Å². The quantitative estimate of drug-likeness (QED) is 0.761. The van der Waals surface area contributed by atoms with Crippen molar-refractivity contribution in [1.82, 2.24) is 15.6 Å². The molecule has 0 aliphatic carbocycles. The highest BCUT2D eigenvalue weighted by atomic mass is 16.5. The highest BCUT2D eigenvalue weighted by molar-refractivity contribution is 6.05. The first-order valence-electron chi connectivity index (χ1n) is 8.96. The van der Waals surface area contributed by atoms with Crippen LogP contribution in [0.4, 0.5) is 4.79 Å². The molecule has 0 unspecified atom stereocenters. The minimum atomic E-state index is -0.684. The van der Waals surface area contributed by atoms with Crippen molar-refractivity contribution in [2.75, 3.05) is 13.2 Å². The average Bonchev–Trinajstić information content (AvgIpc) is 2.64. The predicted octanol–water partition coefficient (Wildman–Crippen LogP) is 2.74. The molecule has 3 amide bonds. The van der Waals surface area contributed by atoms with E-state index in [1.165, 1.54) is 0 Å². The fourth-order valence-electron chi connectivity index (χ4n) is 2.67. The van der Waals surface area contributed by atoms with E-state index in [1.54, 1.807) is 6.07 Å². The number of hydrogen-bond donors (Lipinski definition) is 2. The Hall–Kier alpha value is -2.96. The van der Waals surface area contributed by atoms with Crippen molar-refractivity contribution in [1.29, 1.82) is 0 Å². The van der Waals surface area contributed by atoms with Crippen molar-refractivity contribution in [2.24, 2.45) is 5.92 Å². The van der Waals surface area contributed by atoms with Crippen molar-refractivity contribution < 1.29 is 19.1 Å². The number of hydrogen-bond acceptors (Lipinski definition) is 5. The van der Waals surface area contributed by atoms with Gasteiger partial charge in [0.2, 0.25) is 0 Å². The summed E-state index contributed by atoms with van der Waals surface area (Å²) in [5.41, 5.74) is 2.63. The van der Waals surface area contributed by atoms with Crippen LogP contribution in [0.2, 0.25) is 0 Å². The predicted molar refractivity (Wildman–Crippen MR) is 103 cm³/mol. The Balaban J connectivity index is 2.09. The maximum Gasteiger partial charge on any atom is 0.339 e. The monoisotopic (exact) mass is 371 g/mol. The van der Waals surface area contributed by atoms with Crippen LogP contribution in [0.1, 0.15) is 42.4 Å². The molecule has 0 atom stereocenters. The molecule has 27 heavy (non-hydrogen) atoms.